The molecule has 0 bridgehead atoms. The summed E-state index contributed by atoms with van der Waals surface area (Å²) >= 11 is 3.34. The molecule has 1 aromatic carbocycles. The fraction of sp³-hybridized carbons (Fsp3) is 0.571. The molecule has 1 saturated carbocycles. The second-order valence-corrected chi connectivity index (χ2v) is 6.38. The molecule has 0 spiro atoms. The Labute approximate surface area is 126 Å². The van der Waals surface area contributed by atoms with Gasteiger partial charge >= 0.3 is 0 Å². The molecule has 0 aliphatic heterocycles. The number of nitrogens with zero attached hydrogens (tertiary/aromatic N) is 1. The van der Waals surface area contributed by atoms with Crippen LogP contribution in [0.1, 0.15) is 31.2 Å². The number of nitro groups is 1. The molecule has 0 amide bonds. The second kappa shape index (κ2) is 6.65. The molecular formula is C14H19BrN2O3. The zero-order valence-corrected chi connectivity index (χ0v) is 12.9. The normalized spacial score (nSPS) is 16.7. The Morgan fingerprint density at radius 2 is 2.20 bits per heavy atom. The first-order valence-corrected chi connectivity index (χ1v) is 7.60. The van der Waals surface area contributed by atoms with Gasteiger partial charge in [0.25, 0.3) is 5.69 Å². The highest BCUT2D eigenvalue weighted by atomic mass is 79.9. The van der Waals surface area contributed by atoms with E-state index in [9.17, 15) is 10.1 Å². The maximum absolute atomic E-state index is 11.0. The third-order valence-corrected chi connectivity index (χ3v) is 4.60. The second-order valence-electron chi connectivity index (χ2n) is 5.46. The van der Waals surface area contributed by atoms with E-state index in [1.165, 1.54) is 12.5 Å². The van der Waals surface area contributed by atoms with E-state index in [0.29, 0.717) is 12.1 Å². The summed E-state index contributed by atoms with van der Waals surface area (Å²) in [5.74, 6) is 0. The van der Waals surface area contributed by atoms with Crippen LogP contribution in [0, 0.1) is 15.5 Å². The Bertz CT molecular complexity index is 489. The number of aliphatic hydroxyl groups excluding tert-OH is 1. The topological polar surface area (TPSA) is 75.4 Å². The number of halogens is 1. The molecule has 0 heterocycles. The van der Waals surface area contributed by atoms with E-state index in [4.69, 9.17) is 5.11 Å². The molecule has 110 valence electrons. The van der Waals surface area contributed by atoms with Crippen LogP contribution in [0.15, 0.2) is 22.7 Å². The summed E-state index contributed by atoms with van der Waals surface area (Å²) < 4.78 is 0.841. The number of rotatable bonds is 7. The molecule has 1 aliphatic rings. The van der Waals surface area contributed by atoms with Gasteiger partial charge in [0.2, 0.25) is 0 Å². The van der Waals surface area contributed by atoms with Crippen molar-refractivity contribution >= 4 is 21.6 Å². The van der Waals surface area contributed by atoms with Gasteiger partial charge in [-0.25, -0.2) is 0 Å². The zero-order valence-electron chi connectivity index (χ0n) is 11.3. The molecule has 20 heavy (non-hydrogen) atoms. The minimum absolute atomic E-state index is 0.144. The minimum atomic E-state index is -0.351. The summed E-state index contributed by atoms with van der Waals surface area (Å²) in [6.07, 6.45) is 4.27. The summed E-state index contributed by atoms with van der Waals surface area (Å²) in [6, 6.07) is 4.99. The summed E-state index contributed by atoms with van der Waals surface area (Å²) in [7, 11) is 0. The van der Waals surface area contributed by atoms with Crippen LogP contribution in [0.2, 0.25) is 0 Å². The molecule has 2 N–H and O–H groups in total. The van der Waals surface area contributed by atoms with Crippen molar-refractivity contribution in [2.24, 2.45) is 5.41 Å². The first kappa shape index (κ1) is 15.4. The van der Waals surface area contributed by atoms with Crippen LogP contribution < -0.4 is 5.32 Å². The largest absolute Gasteiger partial charge is 0.396 e. The van der Waals surface area contributed by atoms with E-state index in [2.05, 4.69) is 21.2 Å². The van der Waals surface area contributed by atoms with Crippen molar-refractivity contribution in [1.29, 1.82) is 0 Å². The molecule has 2 rings (SSSR count). The molecule has 0 saturated heterocycles. The number of nitrogens with one attached hydrogen (secondary N) is 1. The fourth-order valence-corrected chi connectivity index (χ4v) is 3.17. The summed E-state index contributed by atoms with van der Waals surface area (Å²) in [5, 5.41) is 23.4. The first-order valence-electron chi connectivity index (χ1n) is 6.81. The van der Waals surface area contributed by atoms with Crippen molar-refractivity contribution in [2.45, 2.75) is 32.2 Å². The standard InChI is InChI=1S/C14H19BrN2O3/c15-12-2-3-13(17(19)20)11(8-12)9-16-10-14(6-7-18)4-1-5-14/h2-3,8,16,18H,1,4-7,9-10H2. The molecule has 1 aliphatic carbocycles. The molecule has 6 heteroatoms. The molecule has 5 nitrogen and oxygen atoms in total. The van der Waals surface area contributed by atoms with Gasteiger partial charge in [-0.05, 0) is 36.8 Å². The van der Waals surface area contributed by atoms with Gasteiger partial charge in [-0.1, -0.05) is 22.4 Å². The van der Waals surface area contributed by atoms with Crippen molar-refractivity contribution < 1.29 is 10.0 Å². The van der Waals surface area contributed by atoms with Crippen LogP contribution in [0.4, 0.5) is 5.69 Å². The highest BCUT2D eigenvalue weighted by Gasteiger charge is 2.35. The van der Waals surface area contributed by atoms with Gasteiger partial charge in [-0.2, -0.15) is 0 Å². The first-order chi connectivity index (χ1) is 9.56. The van der Waals surface area contributed by atoms with Crippen LogP contribution in [0.25, 0.3) is 0 Å². The molecule has 0 radical (unpaired) electrons. The van der Waals surface area contributed by atoms with Crippen molar-refractivity contribution in [3.05, 3.63) is 38.3 Å². The summed E-state index contributed by atoms with van der Waals surface area (Å²) in [6.45, 7) is 1.48. The van der Waals surface area contributed by atoms with E-state index in [-0.39, 0.29) is 22.6 Å². The van der Waals surface area contributed by atoms with Crippen molar-refractivity contribution in [2.75, 3.05) is 13.2 Å². The van der Waals surface area contributed by atoms with Gasteiger partial charge in [0.1, 0.15) is 0 Å². The molecule has 0 atom stereocenters. The van der Waals surface area contributed by atoms with Gasteiger partial charge in [0.15, 0.2) is 0 Å². The molecular weight excluding hydrogens is 324 g/mol. The SMILES string of the molecule is O=[N+]([O-])c1ccc(Br)cc1CNCC1(CCO)CCC1. The summed E-state index contributed by atoms with van der Waals surface area (Å²) in [4.78, 5) is 10.6. The number of aliphatic hydroxyl groups is 1. The maximum Gasteiger partial charge on any atom is 0.273 e. The number of hydrogen-bond donors (Lipinski definition) is 2. The average molecular weight is 343 g/mol. The Kier molecular flexibility index (Phi) is 5.12. The number of benzene rings is 1. The third-order valence-electron chi connectivity index (χ3n) is 4.11. The quantitative estimate of drug-likeness (QED) is 0.590. The lowest BCUT2D eigenvalue weighted by molar-refractivity contribution is -0.385. The molecule has 1 aromatic rings. The van der Waals surface area contributed by atoms with Crippen LogP contribution in [0.5, 0.6) is 0 Å². The van der Waals surface area contributed by atoms with E-state index in [0.717, 1.165) is 30.3 Å². The van der Waals surface area contributed by atoms with Crippen molar-refractivity contribution in [1.82, 2.24) is 5.32 Å². The van der Waals surface area contributed by atoms with E-state index < -0.39 is 0 Å². The van der Waals surface area contributed by atoms with Crippen LogP contribution in [0.3, 0.4) is 0 Å². The smallest absolute Gasteiger partial charge is 0.273 e. The maximum atomic E-state index is 11.0. The highest BCUT2D eigenvalue weighted by Crippen LogP contribution is 2.43. The predicted octanol–water partition coefficient (Wildman–Crippen LogP) is 3.00. The van der Waals surface area contributed by atoms with E-state index >= 15 is 0 Å². The Hall–Kier alpha value is -0.980. The predicted molar refractivity (Wildman–Crippen MR) is 80.5 cm³/mol. The Morgan fingerprint density at radius 1 is 1.45 bits per heavy atom. The third kappa shape index (κ3) is 3.56. The van der Waals surface area contributed by atoms with Gasteiger partial charge in [-0.15, -0.1) is 0 Å². The fourth-order valence-electron chi connectivity index (χ4n) is 2.77. The Morgan fingerprint density at radius 3 is 2.75 bits per heavy atom. The number of nitro benzene ring substituents is 1. The molecule has 1 fully saturated rings. The molecule has 0 unspecified atom stereocenters. The van der Waals surface area contributed by atoms with Crippen molar-refractivity contribution in [3.8, 4) is 0 Å². The zero-order chi connectivity index (χ0) is 14.6. The van der Waals surface area contributed by atoms with Gasteiger partial charge < -0.3 is 10.4 Å². The minimum Gasteiger partial charge on any atom is -0.396 e. The van der Waals surface area contributed by atoms with E-state index in [1.54, 1.807) is 12.1 Å². The van der Waals surface area contributed by atoms with Gasteiger partial charge in [-0.3, -0.25) is 10.1 Å². The van der Waals surface area contributed by atoms with Crippen LogP contribution >= 0.6 is 15.9 Å². The van der Waals surface area contributed by atoms with Crippen molar-refractivity contribution in [3.63, 3.8) is 0 Å². The van der Waals surface area contributed by atoms with Gasteiger partial charge in [0, 0.05) is 35.8 Å². The lowest BCUT2D eigenvalue weighted by atomic mass is 9.67. The summed E-state index contributed by atoms with van der Waals surface area (Å²) in [5.41, 5.74) is 1.02. The lowest BCUT2D eigenvalue weighted by Crippen LogP contribution is -2.40. The Balaban J connectivity index is 1.97. The monoisotopic (exact) mass is 342 g/mol. The van der Waals surface area contributed by atoms with E-state index in [1.807, 2.05) is 0 Å². The molecule has 0 aromatic heterocycles. The highest BCUT2D eigenvalue weighted by molar-refractivity contribution is 9.10. The van der Waals surface area contributed by atoms with Gasteiger partial charge in [0.05, 0.1) is 4.92 Å². The average Bonchev–Trinajstić information content (AvgIpc) is 2.35. The van der Waals surface area contributed by atoms with Crippen LogP contribution in [-0.4, -0.2) is 23.2 Å². The van der Waals surface area contributed by atoms with Crippen LogP contribution in [-0.2, 0) is 6.54 Å². The number of hydrogen-bond acceptors (Lipinski definition) is 4. The lowest BCUT2D eigenvalue weighted by Gasteiger charge is -2.42.